The van der Waals surface area contributed by atoms with Crippen molar-refractivity contribution in [1.29, 1.82) is 0 Å². The van der Waals surface area contributed by atoms with E-state index >= 15 is 0 Å². The molecule has 0 fully saturated rings. The minimum atomic E-state index is -0.871. The predicted molar refractivity (Wildman–Crippen MR) is 104 cm³/mol. The van der Waals surface area contributed by atoms with Crippen LogP contribution in [0.5, 0.6) is 11.5 Å². The van der Waals surface area contributed by atoms with E-state index in [2.05, 4.69) is 5.32 Å². The lowest BCUT2D eigenvalue weighted by Gasteiger charge is -2.20. The lowest BCUT2D eigenvalue weighted by molar-refractivity contribution is -0.126. The third-order valence-corrected chi connectivity index (χ3v) is 4.96. The molecule has 0 radical (unpaired) electrons. The number of hydrogen-bond acceptors (Lipinski definition) is 4. The normalized spacial score (nSPS) is 15.5. The van der Waals surface area contributed by atoms with Crippen LogP contribution in [0.25, 0.3) is 0 Å². The van der Waals surface area contributed by atoms with Crippen molar-refractivity contribution in [3.05, 3.63) is 51.5 Å². The van der Waals surface area contributed by atoms with Gasteiger partial charge in [0.25, 0.3) is 5.91 Å². The monoisotopic (exact) mass is 408 g/mol. The number of benzene rings is 2. The van der Waals surface area contributed by atoms with E-state index in [-0.39, 0.29) is 18.4 Å². The second-order valence-electron chi connectivity index (χ2n) is 6.04. The fourth-order valence-corrected chi connectivity index (χ4v) is 3.68. The number of carbonyl (C=O) groups excluding carboxylic acids is 2. The number of ether oxygens (including phenoxy) is 2. The Balaban J connectivity index is 2.03. The smallest absolute Gasteiger partial charge is 0.254 e. The van der Waals surface area contributed by atoms with Crippen LogP contribution in [0.4, 0.5) is 5.69 Å². The van der Waals surface area contributed by atoms with E-state index in [0.717, 1.165) is 5.56 Å². The minimum Gasteiger partial charge on any atom is -0.493 e. The lowest BCUT2D eigenvalue weighted by atomic mass is 10.1. The molecule has 2 amide bonds. The molecule has 1 atom stereocenters. The van der Waals surface area contributed by atoms with Gasteiger partial charge in [-0.3, -0.25) is 9.59 Å². The first-order valence-corrected chi connectivity index (χ1v) is 8.90. The third-order valence-electron chi connectivity index (χ3n) is 4.32. The van der Waals surface area contributed by atoms with Gasteiger partial charge in [0.15, 0.2) is 11.5 Å². The van der Waals surface area contributed by atoms with Crippen molar-refractivity contribution >= 4 is 40.7 Å². The van der Waals surface area contributed by atoms with Crippen LogP contribution in [0.15, 0.2) is 30.3 Å². The molecule has 0 aromatic heterocycles. The summed E-state index contributed by atoms with van der Waals surface area (Å²) in [6, 6.07) is 7.76. The number of anilines is 1. The van der Waals surface area contributed by atoms with E-state index in [1.807, 2.05) is 6.07 Å². The number of fused-ring (bicyclic) bond motifs is 1. The average Bonchev–Trinajstić information content (AvgIpc) is 2.91. The zero-order valence-electron chi connectivity index (χ0n) is 15.0. The molecule has 0 saturated heterocycles. The Morgan fingerprint density at radius 1 is 1.11 bits per heavy atom. The summed E-state index contributed by atoms with van der Waals surface area (Å²) in [4.78, 5) is 26.1. The van der Waals surface area contributed by atoms with Gasteiger partial charge in [0.05, 0.1) is 31.5 Å². The third kappa shape index (κ3) is 3.55. The molecule has 3 rings (SSSR count). The summed E-state index contributed by atoms with van der Waals surface area (Å²) in [6.45, 7) is 1.59. The summed E-state index contributed by atoms with van der Waals surface area (Å²) in [7, 11) is 3.10. The van der Waals surface area contributed by atoms with Crippen LogP contribution in [-0.4, -0.2) is 26.0 Å². The van der Waals surface area contributed by atoms with Crippen LogP contribution in [-0.2, 0) is 16.1 Å². The van der Waals surface area contributed by atoms with E-state index in [1.165, 1.54) is 11.8 Å². The highest BCUT2D eigenvalue weighted by molar-refractivity contribution is 6.38. The Kier molecular flexibility index (Phi) is 5.48. The van der Waals surface area contributed by atoms with Crippen molar-refractivity contribution in [1.82, 2.24) is 5.32 Å². The molecule has 0 aliphatic carbocycles. The highest BCUT2D eigenvalue weighted by Gasteiger charge is 2.41. The molecular weight excluding hydrogens is 391 g/mol. The van der Waals surface area contributed by atoms with Gasteiger partial charge in [0, 0.05) is 17.5 Å². The van der Waals surface area contributed by atoms with E-state index in [1.54, 1.807) is 38.5 Å². The maximum atomic E-state index is 13.0. The van der Waals surface area contributed by atoms with Gasteiger partial charge in [0.1, 0.15) is 6.04 Å². The molecule has 1 aliphatic rings. The number of carbonyl (C=O) groups is 2. The SMILES string of the molecule is COc1ccc(CN2C(=O)C(NC(C)=O)c3c(Cl)ccc(Cl)c32)cc1OC. The molecule has 2 aromatic carbocycles. The summed E-state index contributed by atoms with van der Waals surface area (Å²) in [5.74, 6) is 0.511. The van der Waals surface area contributed by atoms with Crippen molar-refractivity contribution in [2.75, 3.05) is 19.1 Å². The van der Waals surface area contributed by atoms with Crippen LogP contribution in [0.3, 0.4) is 0 Å². The van der Waals surface area contributed by atoms with Gasteiger partial charge < -0.3 is 19.7 Å². The number of hydrogen-bond donors (Lipinski definition) is 1. The molecule has 27 heavy (non-hydrogen) atoms. The summed E-state index contributed by atoms with van der Waals surface area (Å²) in [6.07, 6.45) is 0. The molecule has 142 valence electrons. The molecule has 2 aromatic rings. The number of nitrogens with zero attached hydrogens (tertiary/aromatic N) is 1. The Bertz CT molecular complexity index is 917. The first-order chi connectivity index (χ1) is 12.9. The molecule has 0 bridgehead atoms. The van der Waals surface area contributed by atoms with Gasteiger partial charge in [-0.05, 0) is 29.8 Å². The summed E-state index contributed by atoms with van der Waals surface area (Å²) >= 11 is 12.7. The van der Waals surface area contributed by atoms with E-state index in [9.17, 15) is 9.59 Å². The van der Waals surface area contributed by atoms with Crippen LogP contribution < -0.4 is 19.7 Å². The highest BCUT2D eigenvalue weighted by atomic mass is 35.5. The van der Waals surface area contributed by atoms with Crippen molar-refractivity contribution in [3.8, 4) is 11.5 Å². The fraction of sp³-hybridized carbons (Fsp3) is 0.263. The number of methoxy groups -OCH3 is 2. The Labute approximate surface area is 167 Å². The quantitative estimate of drug-likeness (QED) is 0.817. The maximum absolute atomic E-state index is 13.0. The number of nitrogens with one attached hydrogen (secondary N) is 1. The molecular formula is C19H18Cl2N2O4. The number of amides is 2. The molecule has 0 spiro atoms. The molecule has 8 heteroatoms. The van der Waals surface area contributed by atoms with Gasteiger partial charge in [-0.25, -0.2) is 0 Å². The van der Waals surface area contributed by atoms with Crippen LogP contribution >= 0.6 is 23.2 Å². The largest absolute Gasteiger partial charge is 0.493 e. The van der Waals surface area contributed by atoms with Crippen molar-refractivity contribution in [2.45, 2.75) is 19.5 Å². The first kappa shape index (κ1) is 19.3. The van der Waals surface area contributed by atoms with E-state index in [4.69, 9.17) is 32.7 Å². The van der Waals surface area contributed by atoms with Crippen LogP contribution in [0.1, 0.15) is 24.1 Å². The second kappa shape index (κ2) is 7.66. The van der Waals surface area contributed by atoms with Crippen molar-refractivity contribution in [3.63, 3.8) is 0 Å². The second-order valence-corrected chi connectivity index (χ2v) is 6.85. The predicted octanol–water partition coefficient (Wildman–Crippen LogP) is 3.73. The maximum Gasteiger partial charge on any atom is 0.254 e. The Morgan fingerprint density at radius 3 is 2.41 bits per heavy atom. The summed E-state index contributed by atoms with van der Waals surface area (Å²) < 4.78 is 10.6. The Morgan fingerprint density at radius 2 is 1.78 bits per heavy atom. The summed E-state index contributed by atoms with van der Waals surface area (Å²) in [5.41, 5.74) is 1.82. The van der Waals surface area contributed by atoms with E-state index < -0.39 is 6.04 Å². The van der Waals surface area contributed by atoms with Gasteiger partial charge >= 0.3 is 0 Å². The van der Waals surface area contributed by atoms with Gasteiger partial charge in [-0.2, -0.15) is 0 Å². The van der Waals surface area contributed by atoms with Crippen molar-refractivity contribution < 1.29 is 19.1 Å². The molecule has 1 N–H and O–H groups in total. The molecule has 1 unspecified atom stereocenters. The zero-order chi connectivity index (χ0) is 19.7. The molecule has 0 saturated carbocycles. The zero-order valence-corrected chi connectivity index (χ0v) is 16.5. The minimum absolute atomic E-state index is 0.238. The molecule has 6 nitrogen and oxygen atoms in total. The number of halogens is 2. The number of rotatable bonds is 5. The van der Waals surface area contributed by atoms with E-state index in [0.29, 0.717) is 32.8 Å². The van der Waals surface area contributed by atoms with Crippen LogP contribution in [0.2, 0.25) is 10.0 Å². The highest BCUT2D eigenvalue weighted by Crippen LogP contribution is 2.45. The topological polar surface area (TPSA) is 67.9 Å². The van der Waals surface area contributed by atoms with Gasteiger partial charge in [-0.1, -0.05) is 29.3 Å². The molecule has 1 aliphatic heterocycles. The fourth-order valence-electron chi connectivity index (χ4n) is 3.15. The van der Waals surface area contributed by atoms with Crippen LogP contribution in [0, 0.1) is 0 Å². The standard InChI is InChI=1S/C19H18Cl2N2O4/c1-10(24)22-17-16-12(20)5-6-13(21)18(16)23(19(17)25)9-11-4-7-14(26-2)15(8-11)27-3/h4-8,17H,9H2,1-3H3,(H,22,24). The van der Waals surface area contributed by atoms with Gasteiger partial charge in [-0.15, -0.1) is 0 Å². The van der Waals surface area contributed by atoms with Crippen molar-refractivity contribution in [2.24, 2.45) is 0 Å². The Hall–Kier alpha value is -2.44. The lowest BCUT2D eigenvalue weighted by Crippen LogP contribution is -2.36. The van der Waals surface area contributed by atoms with Gasteiger partial charge in [0.2, 0.25) is 5.91 Å². The molecule has 1 heterocycles. The first-order valence-electron chi connectivity index (χ1n) is 8.14. The average molecular weight is 409 g/mol. The summed E-state index contributed by atoms with van der Waals surface area (Å²) in [5, 5.41) is 3.41.